The lowest BCUT2D eigenvalue weighted by Gasteiger charge is -2.45. The number of rotatable bonds is 2. The molecule has 0 aromatic carbocycles. The minimum absolute atomic E-state index is 0.0146. The van der Waals surface area contributed by atoms with Gasteiger partial charge in [0.05, 0.1) is 5.92 Å². The summed E-state index contributed by atoms with van der Waals surface area (Å²) in [7, 11) is 0. The Bertz CT molecular complexity index is 260. The van der Waals surface area contributed by atoms with Crippen LogP contribution in [0.3, 0.4) is 0 Å². The molecule has 1 aliphatic heterocycles. The molecular weight excluding hydrogens is 241 g/mol. The van der Waals surface area contributed by atoms with Gasteiger partial charge in [0, 0.05) is 12.1 Å². The van der Waals surface area contributed by atoms with Crippen LogP contribution in [0, 0.1) is 11.3 Å². The highest BCUT2D eigenvalue weighted by atomic mass is 19.4. The molecule has 1 saturated heterocycles. The molecule has 1 heterocycles. The van der Waals surface area contributed by atoms with Gasteiger partial charge >= 0.3 is 6.18 Å². The molecule has 2 atom stereocenters. The zero-order chi connectivity index (χ0) is 14.1. The Labute approximate surface area is 108 Å². The van der Waals surface area contributed by atoms with Crippen molar-refractivity contribution in [1.29, 1.82) is 0 Å². The summed E-state index contributed by atoms with van der Waals surface area (Å²) in [4.78, 5) is 2.13. The first-order valence-electron chi connectivity index (χ1n) is 6.60. The summed E-state index contributed by atoms with van der Waals surface area (Å²) in [5.74, 6) is -1.14. The third kappa shape index (κ3) is 3.85. The van der Waals surface area contributed by atoms with E-state index in [1.165, 1.54) is 0 Å². The van der Waals surface area contributed by atoms with E-state index in [0.717, 1.165) is 0 Å². The molecular formula is C13H25F3N2. The van der Waals surface area contributed by atoms with Crippen molar-refractivity contribution >= 4 is 0 Å². The molecule has 1 rings (SSSR count). The Balaban J connectivity index is 2.66. The molecule has 0 aliphatic carbocycles. The first kappa shape index (κ1) is 15.8. The van der Waals surface area contributed by atoms with E-state index in [4.69, 9.17) is 5.73 Å². The first-order valence-corrected chi connectivity index (χ1v) is 6.60. The van der Waals surface area contributed by atoms with Gasteiger partial charge in [-0.3, -0.25) is 4.90 Å². The quantitative estimate of drug-likeness (QED) is 0.832. The fourth-order valence-corrected chi connectivity index (χ4v) is 3.17. The van der Waals surface area contributed by atoms with Crippen molar-refractivity contribution in [2.45, 2.75) is 58.8 Å². The minimum Gasteiger partial charge on any atom is -0.327 e. The lowest BCUT2D eigenvalue weighted by Crippen LogP contribution is -2.56. The zero-order valence-electron chi connectivity index (χ0n) is 11.7. The van der Waals surface area contributed by atoms with Gasteiger partial charge in [-0.1, -0.05) is 20.8 Å². The average Bonchev–Trinajstić information content (AvgIpc) is 2.13. The highest BCUT2D eigenvalue weighted by molar-refractivity contribution is 4.91. The molecule has 0 radical (unpaired) electrons. The lowest BCUT2D eigenvalue weighted by atomic mass is 9.80. The average molecular weight is 266 g/mol. The van der Waals surface area contributed by atoms with E-state index in [1.54, 1.807) is 0 Å². The highest BCUT2D eigenvalue weighted by Crippen LogP contribution is 2.36. The molecule has 0 aromatic rings. The minimum atomic E-state index is -4.04. The van der Waals surface area contributed by atoms with Gasteiger partial charge in [0.2, 0.25) is 0 Å². The summed E-state index contributed by atoms with van der Waals surface area (Å²) < 4.78 is 37.9. The summed E-state index contributed by atoms with van der Waals surface area (Å²) in [6, 6.07) is 0.0964. The monoisotopic (exact) mass is 266 g/mol. The summed E-state index contributed by atoms with van der Waals surface area (Å²) >= 11 is 0. The number of hydrogen-bond acceptors (Lipinski definition) is 2. The first-order chi connectivity index (χ1) is 8.03. The topological polar surface area (TPSA) is 29.3 Å². The summed E-state index contributed by atoms with van der Waals surface area (Å²) in [6.07, 6.45) is -3.65. The SMILES string of the molecule is CC(N)C(N1CCC(C(F)(F)F)CC1)C(C)(C)C. The predicted molar refractivity (Wildman–Crippen MR) is 67.2 cm³/mol. The Morgan fingerprint density at radius 2 is 1.56 bits per heavy atom. The van der Waals surface area contributed by atoms with E-state index in [0.29, 0.717) is 13.1 Å². The smallest absolute Gasteiger partial charge is 0.327 e. The van der Waals surface area contributed by atoms with Crippen LogP contribution >= 0.6 is 0 Å². The molecule has 1 fully saturated rings. The predicted octanol–water partition coefficient (Wildman–Crippen LogP) is 3.02. The fraction of sp³-hybridized carbons (Fsp3) is 1.00. The van der Waals surface area contributed by atoms with Crippen LogP contribution in [0.15, 0.2) is 0 Å². The van der Waals surface area contributed by atoms with E-state index < -0.39 is 12.1 Å². The van der Waals surface area contributed by atoms with Crippen molar-refractivity contribution in [1.82, 2.24) is 4.90 Å². The second kappa shape index (κ2) is 5.37. The molecule has 5 heteroatoms. The number of nitrogens with zero attached hydrogens (tertiary/aromatic N) is 1. The zero-order valence-corrected chi connectivity index (χ0v) is 11.7. The van der Waals surface area contributed by atoms with Crippen LogP contribution in [-0.2, 0) is 0 Å². The van der Waals surface area contributed by atoms with Crippen LogP contribution < -0.4 is 5.73 Å². The maximum absolute atomic E-state index is 12.6. The third-order valence-corrected chi connectivity index (χ3v) is 3.77. The number of likely N-dealkylation sites (tertiary alicyclic amines) is 1. The number of piperidine rings is 1. The van der Waals surface area contributed by atoms with Crippen LogP contribution in [0.2, 0.25) is 0 Å². The van der Waals surface area contributed by atoms with Crippen LogP contribution in [0.4, 0.5) is 13.2 Å². The maximum Gasteiger partial charge on any atom is 0.391 e. The van der Waals surface area contributed by atoms with Gasteiger partial charge < -0.3 is 5.73 Å². The summed E-state index contributed by atoms with van der Waals surface area (Å²) in [6.45, 7) is 9.21. The van der Waals surface area contributed by atoms with Crippen LogP contribution in [0.1, 0.15) is 40.5 Å². The fourth-order valence-electron chi connectivity index (χ4n) is 3.17. The molecule has 108 valence electrons. The van der Waals surface area contributed by atoms with Gasteiger partial charge in [-0.15, -0.1) is 0 Å². The largest absolute Gasteiger partial charge is 0.391 e. The second-order valence-electron chi connectivity index (χ2n) is 6.52. The number of alkyl halides is 3. The number of hydrogen-bond donors (Lipinski definition) is 1. The Hall–Kier alpha value is -0.290. The van der Waals surface area contributed by atoms with Crippen molar-refractivity contribution in [3.05, 3.63) is 0 Å². The molecule has 2 N–H and O–H groups in total. The van der Waals surface area contributed by atoms with Crippen LogP contribution in [-0.4, -0.2) is 36.2 Å². The number of nitrogens with two attached hydrogens (primary N) is 1. The lowest BCUT2D eigenvalue weighted by molar-refractivity contribution is -0.187. The molecule has 2 nitrogen and oxygen atoms in total. The molecule has 0 bridgehead atoms. The van der Waals surface area contributed by atoms with E-state index in [1.807, 2.05) is 6.92 Å². The van der Waals surface area contributed by atoms with Gasteiger partial charge in [-0.05, 0) is 38.3 Å². The Kier molecular flexibility index (Phi) is 4.70. The van der Waals surface area contributed by atoms with Crippen molar-refractivity contribution in [3.63, 3.8) is 0 Å². The van der Waals surface area contributed by atoms with E-state index in [2.05, 4.69) is 25.7 Å². The van der Waals surface area contributed by atoms with Crippen molar-refractivity contribution in [2.75, 3.05) is 13.1 Å². The molecule has 0 saturated carbocycles. The van der Waals surface area contributed by atoms with Gasteiger partial charge in [0.15, 0.2) is 0 Å². The normalized spacial score (nSPS) is 24.0. The Morgan fingerprint density at radius 1 is 1.11 bits per heavy atom. The van der Waals surface area contributed by atoms with E-state index in [-0.39, 0.29) is 30.3 Å². The van der Waals surface area contributed by atoms with Gasteiger partial charge in [-0.2, -0.15) is 13.2 Å². The molecule has 1 aliphatic rings. The van der Waals surface area contributed by atoms with Crippen LogP contribution in [0.5, 0.6) is 0 Å². The summed E-state index contributed by atoms with van der Waals surface area (Å²) in [5.41, 5.74) is 6.00. The van der Waals surface area contributed by atoms with Crippen molar-refractivity contribution < 1.29 is 13.2 Å². The molecule has 0 aromatic heterocycles. The van der Waals surface area contributed by atoms with Crippen molar-refractivity contribution in [3.8, 4) is 0 Å². The van der Waals surface area contributed by atoms with Gasteiger partial charge in [-0.25, -0.2) is 0 Å². The van der Waals surface area contributed by atoms with Gasteiger partial charge in [0.25, 0.3) is 0 Å². The van der Waals surface area contributed by atoms with Crippen molar-refractivity contribution in [2.24, 2.45) is 17.1 Å². The highest BCUT2D eigenvalue weighted by Gasteiger charge is 2.43. The van der Waals surface area contributed by atoms with Gasteiger partial charge in [0.1, 0.15) is 0 Å². The maximum atomic E-state index is 12.6. The third-order valence-electron chi connectivity index (χ3n) is 3.77. The standard InChI is InChI=1S/C13H25F3N2/c1-9(17)11(12(2,3)4)18-7-5-10(6-8-18)13(14,15)16/h9-11H,5-8,17H2,1-4H3. The second-order valence-corrected chi connectivity index (χ2v) is 6.52. The molecule has 0 amide bonds. The molecule has 2 unspecified atom stereocenters. The summed E-state index contributed by atoms with van der Waals surface area (Å²) in [5, 5.41) is 0. The molecule has 0 spiro atoms. The van der Waals surface area contributed by atoms with E-state index in [9.17, 15) is 13.2 Å². The number of halogens is 3. The van der Waals surface area contributed by atoms with Crippen LogP contribution in [0.25, 0.3) is 0 Å². The molecule has 18 heavy (non-hydrogen) atoms. The Morgan fingerprint density at radius 3 is 1.83 bits per heavy atom. The van der Waals surface area contributed by atoms with E-state index >= 15 is 0 Å².